The number of urea groups is 1. The van der Waals surface area contributed by atoms with Gasteiger partial charge in [0.05, 0.1) is 11.0 Å². The van der Waals surface area contributed by atoms with Gasteiger partial charge in [-0.1, -0.05) is 45.9 Å². The van der Waals surface area contributed by atoms with Crippen molar-refractivity contribution in [2.24, 2.45) is 10.8 Å². The molecule has 1 heterocycles. The van der Waals surface area contributed by atoms with Gasteiger partial charge in [-0.2, -0.15) is 0 Å². The summed E-state index contributed by atoms with van der Waals surface area (Å²) in [6.07, 6.45) is -1.78. The van der Waals surface area contributed by atoms with E-state index < -0.39 is 6.36 Å². The summed E-state index contributed by atoms with van der Waals surface area (Å²) < 4.78 is 44.1. The normalized spacial score (nSPS) is 16.8. The predicted molar refractivity (Wildman–Crippen MR) is 156 cm³/mol. The van der Waals surface area contributed by atoms with Crippen LogP contribution in [0.3, 0.4) is 0 Å². The van der Waals surface area contributed by atoms with Crippen LogP contribution in [0.4, 0.5) is 41.0 Å². The van der Waals surface area contributed by atoms with Crippen LogP contribution in [0.5, 0.6) is 5.75 Å². The summed E-state index contributed by atoms with van der Waals surface area (Å²) in [5, 5.41) is 8.99. The summed E-state index contributed by atoms with van der Waals surface area (Å²) in [4.78, 5) is 17.5. The van der Waals surface area contributed by atoms with E-state index in [0.29, 0.717) is 28.5 Å². The molecule has 1 aliphatic carbocycles. The first-order chi connectivity index (χ1) is 19.3. The second-order valence-corrected chi connectivity index (χ2v) is 12.2. The fraction of sp³-hybridized carbons (Fsp3) is 0.355. The minimum absolute atomic E-state index is 0.105. The fourth-order valence-electron chi connectivity index (χ4n) is 6.29. The van der Waals surface area contributed by atoms with Crippen molar-refractivity contribution in [1.29, 1.82) is 0 Å². The Balaban J connectivity index is 1.47. The number of imidazole rings is 1. The van der Waals surface area contributed by atoms with E-state index in [4.69, 9.17) is 4.98 Å². The SMILES string of the molecule is CC1(C)CC(n2c(Nc3ccc(OC(F)(F)F)cc3)nc3cc(NC(=O)Nc4ccccc4)ccc32)CC(C)(C)C1. The van der Waals surface area contributed by atoms with E-state index >= 15 is 0 Å². The molecule has 0 bridgehead atoms. The zero-order valence-corrected chi connectivity index (χ0v) is 23.5. The number of benzene rings is 3. The molecule has 7 nitrogen and oxygen atoms in total. The number of rotatable bonds is 6. The van der Waals surface area contributed by atoms with Gasteiger partial charge in [0.15, 0.2) is 0 Å². The van der Waals surface area contributed by atoms with Crippen molar-refractivity contribution in [3.8, 4) is 5.75 Å². The first-order valence-corrected chi connectivity index (χ1v) is 13.5. The molecule has 0 unspecified atom stereocenters. The van der Waals surface area contributed by atoms with E-state index in [2.05, 4.69) is 52.9 Å². The number of alkyl halides is 3. The summed E-state index contributed by atoms with van der Waals surface area (Å²) in [7, 11) is 0. The van der Waals surface area contributed by atoms with Crippen molar-refractivity contribution in [2.75, 3.05) is 16.0 Å². The Kier molecular flexibility index (Phi) is 7.35. The third-order valence-electron chi connectivity index (χ3n) is 7.22. The van der Waals surface area contributed by atoms with Crippen LogP contribution in [0.15, 0.2) is 72.8 Å². The molecule has 0 radical (unpaired) electrons. The maximum Gasteiger partial charge on any atom is 0.573 e. The van der Waals surface area contributed by atoms with Gasteiger partial charge in [-0.15, -0.1) is 13.2 Å². The number of nitrogens with zero attached hydrogens (tertiary/aromatic N) is 2. The average Bonchev–Trinajstić information content (AvgIpc) is 3.20. The van der Waals surface area contributed by atoms with Gasteiger partial charge in [0.1, 0.15) is 5.75 Å². The second kappa shape index (κ2) is 10.6. The Labute approximate surface area is 237 Å². The van der Waals surface area contributed by atoms with Gasteiger partial charge in [-0.05, 0) is 84.7 Å². The van der Waals surface area contributed by atoms with Crippen LogP contribution in [0.2, 0.25) is 0 Å². The number of nitrogens with one attached hydrogen (secondary N) is 3. The number of anilines is 4. The molecule has 1 aliphatic rings. The first-order valence-electron chi connectivity index (χ1n) is 13.5. The van der Waals surface area contributed by atoms with Crippen LogP contribution in [-0.4, -0.2) is 21.9 Å². The topological polar surface area (TPSA) is 80.2 Å². The molecule has 216 valence electrons. The lowest BCUT2D eigenvalue weighted by molar-refractivity contribution is -0.274. The molecule has 1 aromatic heterocycles. The predicted octanol–water partition coefficient (Wildman–Crippen LogP) is 9.10. The number of amides is 2. The minimum Gasteiger partial charge on any atom is -0.406 e. The Morgan fingerprint density at radius 3 is 2.12 bits per heavy atom. The van der Waals surface area contributed by atoms with Gasteiger partial charge in [-0.25, -0.2) is 9.78 Å². The molecule has 1 fully saturated rings. The fourth-order valence-corrected chi connectivity index (χ4v) is 6.29. The monoisotopic (exact) mass is 565 g/mol. The lowest BCUT2D eigenvalue weighted by Gasteiger charge is -2.45. The molecule has 0 atom stereocenters. The molecule has 5 rings (SSSR count). The summed E-state index contributed by atoms with van der Waals surface area (Å²) in [6, 6.07) is 20.1. The number of fused-ring (bicyclic) bond motifs is 1. The number of hydrogen-bond acceptors (Lipinski definition) is 4. The average molecular weight is 566 g/mol. The van der Waals surface area contributed by atoms with Crippen molar-refractivity contribution in [2.45, 2.75) is 59.4 Å². The third kappa shape index (κ3) is 7.11. The van der Waals surface area contributed by atoms with Crippen LogP contribution in [0, 0.1) is 10.8 Å². The smallest absolute Gasteiger partial charge is 0.406 e. The summed E-state index contributed by atoms with van der Waals surface area (Å²) in [5.74, 6) is 0.283. The number of carbonyl (C=O) groups excluding carboxylic acids is 1. The molecule has 10 heteroatoms. The molecule has 3 aromatic carbocycles. The number of para-hydroxylation sites is 1. The molecular weight excluding hydrogens is 531 g/mol. The van der Waals surface area contributed by atoms with Crippen LogP contribution >= 0.6 is 0 Å². The molecule has 3 N–H and O–H groups in total. The van der Waals surface area contributed by atoms with Gasteiger partial charge in [0.25, 0.3) is 0 Å². The molecule has 0 spiro atoms. The van der Waals surface area contributed by atoms with Gasteiger partial charge in [0.2, 0.25) is 5.95 Å². The highest BCUT2D eigenvalue weighted by Crippen LogP contribution is 2.51. The van der Waals surface area contributed by atoms with Crippen molar-refractivity contribution >= 4 is 40.1 Å². The molecule has 1 saturated carbocycles. The van der Waals surface area contributed by atoms with E-state index in [0.717, 1.165) is 24.8 Å². The number of hydrogen-bond donors (Lipinski definition) is 3. The van der Waals surface area contributed by atoms with Gasteiger partial charge in [0, 0.05) is 23.1 Å². The van der Waals surface area contributed by atoms with E-state index in [9.17, 15) is 18.0 Å². The zero-order chi connectivity index (χ0) is 29.4. The quantitative estimate of drug-likeness (QED) is 0.218. The van der Waals surface area contributed by atoms with Gasteiger partial charge >= 0.3 is 12.4 Å². The van der Waals surface area contributed by atoms with Crippen LogP contribution < -0.4 is 20.7 Å². The van der Waals surface area contributed by atoms with E-state index in [-0.39, 0.29) is 28.7 Å². The van der Waals surface area contributed by atoms with E-state index in [1.54, 1.807) is 12.1 Å². The second-order valence-electron chi connectivity index (χ2n) is 12.2. The molecule has 2 amide bonds. The Bertz CT molecular complexity index is 1510. The minimum atomic E-state index is -4.76. The highest BCUT2D eigenvalue weighted by molar-refractivity contribution is 6.00. The lowest BCUT2D eigenvalue weighted by atomic mass is 9.63. The summed E-state index contributed by atoms with van der Waals surface area (Å²) >= 11 is 0. The lowest BCUT2D eigenvalue weighted by Crippen LogP contribution is -2.35. The molecule has 4 aromatic rings. The maximum atomic E-state index is 12.6. The third-order valence-corrected chi connectivity index (χ3v) is 7.22. The first kappa shape index (κ1) is 28.3. The Morgan fingerprint density at radius 1 is 0.878 bits per heavy atom. The zero-order valence-electron chi connectivity index (χ0n) is 23.5. The number of aromatic nitrogens is 2. The molecule has 41 heavy (non-hydrogen) atoms. The van der Waals surface area contributed by atoms with Crippen LogP contribution in [-0.2, 0) is 0 Å². The van der Waals surface area contributed by atoms with Gasteiger partial charge in [-0.3, -0.25) is 0 Å². The van der Waals surface area contributed by atoms with E-state index in [1.807, 2.05) is 36.4 Å². The Hall–Kier alpha value is -4.21. The maximum absolute atomic E-state index is 12.6. The number of ether oxygens (including phenoxy) is 1. The highest BCUT2D eigenvalue weighted by atomic mass is 19.4. The Morgan fingerprint density at radius 2 is 1.49 bits per heavy atom. The number of halogens is 3. The molecular formula is C31H34F3N5O2. The van der Waals surface area contributed by atoms with Crippen LogP contribution in [0.1, 0.15) is 53.0 Å². The molecule has 0 aliphatic heterocycles. The molecule has 0 saturated heterocycles. The van der Waals surface area contributed by atoms with Crippen molar-refractivity contribution < 1.29 is 22.7 Å². The van der Waals surface area contributed by atoms with Crippen LogP contribution in [0.25, 0.3) is 11.0 Å². The van der Waals surface area contributed by atoms with Crippen molar-refractivity contribution in [3.05, 3.63) is 72.8 Å². The van der Waals surface area contributed by atoms with Crippen molar-refractivity contribution in [3.63, 3.8) is 0 Å². The summed E-state index contributed by atoms with van der Waals surface area (Å²) in [5.41, 5.74) is 3.63. The largest absolute Gasteiger partial charge is 0.573 e. The van der Waals surface area contributed by atoms with E-state index in [1.165, 1.54) is 24.3 Å². The number of carbonyl (C=O) groups is 1. The standard InChI is InChI=1S/C31H34F3N5O2/c1-29(2)17-23(18-30(3,4)19-29)39-26-15-12-22(37-28(40)36-20-8-6-5-7-9-20)16-25(26)38-27(39)35-21-10-13-24(14-11-21)41-31(32,33)34/h5-16,23H,17-19H2,1-4H3,(H,35,38)(H2,36,37,40). The highest BCUT2D eigenvalue weighted by Gasteiger charge is 2.40. The van der Waals surface area contributed by atoms with Crippen molar-refractivity contribution in [1.82, 2.24) is 9.55 Å². The van der Waals surface area contributed by atoms with Gasteiger partial charge < -0.3 is 25.3 Å². The summed E-state index contributed by atoms with van der Waals surface area (Å²) in [6.45, 7) is 9.11.